The summed E-state index contributed by atoms with van der Waals surface area (Å²) >= 11 is 12.3. The van der Waals surface area contributed by atoms with Crippen molar-refractivity contribution in [1.29, 1.82) is 0 Å². The molecule has 8 heteroatoms. The minimum absolute atomic E-state index is 0.0573. The first kappa shape index (κ1) is 24.1. The molecule has 176 valence electrons. The maximum atomic E-state index is 13.5. The number of nitrogens with one attached hydrogen (secondary N) is 2. The van der Waals surface area contributed by atoms with Gasteiger partial charge in [0.15, 0.2) is 0 Å². The first-order valence-corrected chi connectivity index (χ1v) is 11.7. The zero-order valence-corrected chi connectivity index (χ0v) is 19.8. The Morgan fingerprint density at radius 2 is 1.62 bits per heavy atom. The second-order valence-corrected chi connectivity index (χ2v) is 9.28. The van der Waals surface area contributed by atoms with Crippen molar-refractivity contribution in [2.75, 3.05) is 0 Å². The molecule has 0 radical (unpaired) electrons. The zero-order valence-electron chi connectivity index (χ0n) is 18.3. The molecule has 5 N–H and O–H groups in total. The van der Waals surface area contributed by atoms with Gasteiger partial charge in [-0.1, -0.05) is 77.8 Å². The lowest BCUT2D eigenvalue weighted by molar-refractivity contribution is -0.129. The molecule has 4 rings (SSSR count). The summed E-state index contributed by atoms with van der Waals surface area (Å²) in [5, 5.41) is 17.0. The fourth-order valence-corrected chi connectivity index (χ4v) is 5.02. The molecule has 0 heterocycles. The Balaban J connectivity index is 1.58. The predicted octanol–water partition coefficient (Wildman–Crippen LogP) is 3.92. The van der Waals surface area contributed by atoms with Crippen LogP contribution in [0.5, 0.6) is 5.75 Å². The quantitative estimate of drug-likeness (QED) is 0.378. The Hall–Kier alpha value is -3.06. The van der Waals surface area contributed by atoms with E-state index in [-0.39, 0.29) is 24.1 Å². The summed E-state index contributed by atoms with van der Waals surface area (Å²) in [7, 11) is 0. The van der Waals surface area contributed by atoms with Crippen molar-refractivity contribution >= 4 is 35.0 Å². The Bertz CT molecular complexity index is 1150. The first-order chi connectivity index (χ1) is 16.3. The van der Waals surface area contributed by atoms with E-state index in [4.69, 9.17) is 28.9 Å². The van der Waals surface area contributed by atoms with E-state index in [0.717, 1.165) is 0 Å². The van der Waals surface area contributed by atoms with Crippen LogP contribution in [0, 0.1) is 5.92 Å². The van der Waals surface area contributed by atoms with Crippen molar-refractivity contribution in [2.24, 2.45) is 11.7 Å². The predicted molar refractivity (Wildman–Crippen MR) is 133 cm³/mol. The Kier molecular flexibility index (Phi) is 7.41. The van der Waals surface area contributed by atoms with Crippen LogP contribution in [0.2, 0.25) is 10.0 Å². The Morgan fingerprint density at radius 3 is 2.21 bits per heavy atom. The van der Waals surface area contributed by atoms with Gasteiger partial charge in [0.05, 0.1) is 11.1 Å². The van der Waals surface area contributed by atoms with Gasteiger partial charge in [-0.25, -0.2) is 0 Å². The number of nitrogens with two attached hydrogens (primary N) is 1. The lowest BCUT2D eigenvalue weighted by atomic mass is 9.94. The number of carbonyl (C=O) groups excluding carboxylic acids is 2. The molecule has 0 saturated heterocycles. The summed E-state index contributed by atoms with van der Waals surface area (Å²) in [5.74, 6) is -1.12. The van der Waals surface area contributed by atoms with Gasteiger partial charge < -0.3 is 21.5 Å². The summed E-state index contributed by atoms with van der Waals surface area (Å²) in [4.78, 5) is 25.7. The fraction of sp³-hybridized carbons (Fsp3) is 0.231. The molecule has 0 spiro atoms. The second kappa shape index (κ2) is 10.5. The molecular weight excluding hydrogens is 473 g/mol. The molecule has 1 aliphatic carbocycles. The van der Waals surface area contributed by atoms with Crippen molar-refractivity contribution < 1.29 is 14.7 Å². The van der Waals surface area contributed by atoms with Crippen LogP contribution in [0.4, 0.5) is 0 Å². The van der Waals surface area contributed by atoms with Gasteiger partial charge in [-0.3, -0.25) is 9.59 Å². The third-order valence-corrected chi connectivity index (χ3v) is 6.73. The monoisotopic (exact) mass is 497 g/mol. The lowest BCUT2D eigenvalue weighted by Crippen LogP contribution is -2.51. The highest BCUT2D eigenvalue weighted by Gasteiger charge is 2.35. The van der Waals surface area contributed by atoms with Crippen LogP contribution in [-0.4, -0.2) is 23.0 Å². The number of phenols is 1. The maximum absolute atomic E-state index is 13.5. The molecule has 2 atom stereocenters. The van der Waals surface area contributed by atoms with Crippen LogP contribution in [0.3, 0.4) is 0 Å². The molecule has 0 aromatic heterocycles. The molecular formula is C26H25Cl2N3O3. The van der Waals surface area contributed by atoms with Gasteiger partial charge in [-0.05, 0) is 47.6 Å². The fourth-order valence-electron chi connectivity index (χ4n) is 4.48. The third-order valence-electron chi connectivity index (χ3n) is 6.18. The van der Waals surface area contributed by atoms with E-state index >= 15 is 0 Å². The van der Waals surface area contributed by atoms with Gasteiger partial charge >= 0.3 is 0 Å². The molecule has 0 bridgehead atoms. The number of aromatic hydroxyl groups is 1. The third kappa shape index (κ3) is 5.36. The number of rotatable bonds is 8. The van der Waals surface area contributed by atoms with E-state index in [0.29, 0.717) is 34.0 Å². The molecule has 0 saturated carbocycles. The molecule has 34 heavy (non-hydrogen) atoms. The highest BCUT2D eigenvalue weighted by atomic mass is 35.5. The summed E-state index contributed by atoms with van der Waals surface area (Å²) < 4.78 is 0. The SMILES string of the molecule is NC(=O)[C@H](NC(=O)[C@H](NCc1c(O)cc(Cl)cc1Cl)C1Cc2ccccc2C1)c1ccccc1. The van der Waals surface area contributed by atoms with Gasteiger partial charge in [-0.15, -0.1) is 0 Å². The van der Waals surface area contributed by atoms with Crippen molar-refractivity contribution in [3.8, 4) is 5.75 Å². The topological polar surface area (TPSA) is 104 Å². The minimum Gasteiger partial charge on any atom is -0.508 e. The number of fused-ring (bicyclic) bond motifs is 1. The highest BCUT2D eigenvalue weighted by Crippen LogP contribution is 2.32. The highest BCUT2D eigenvalue weighted by molar-refractivity contribution is 6.35. The molecule has 3 aromatic carbocycles. The molecule has 1 aliphatic rings. The number of primary amides is 1. The van der Waals surface area contributed by atoms with E-state index in [1.807, 2.05) is 18.2 Å². The number of carbonyl (C=O) groups is 2. The minimum atomic E-state index is -0.964. The standard InChI is InChI=1S/C26H25Cl2N3O3/c27-19-12-21(28)20(22(32)13-19)14-30-24(18-10-16-8-4-5-9-17(16)11-18)26(34)31-23(25(29)33)15-6-2-1-3-7-15/h1-9,12-13,18,23-24,30,32H,10-11,14H2,(H2,29,33)(H,31,34)/t23-,24-/m1/s1. The Labute approximate surface area is 208 Å². The van der Waals surface area contributed by atoms with Crippen LogP contribution >= 0.6 is 23.2 Å². The number of halogens is 2. The summed E-state index contributed by atoms with van der Waals surface area (Å²) in [5.41, 5.74) is 9.04. The van der Waals surface area contributed by atoms with E-state index in [2.05, 4.69) is 22.8 Å². The van der Waals surface area contributed by atoms with Gasteiger partial charge in [0, 0.05) is 17.1 Å². The van der Waals surface area contributed by atoms with Crippen molar-refractivity contribution in [1.82, 2.24) is 10.6 Å². The van der Waals surface area contributed by atoms with E-state index < -0.39 is 18.0 Å². The van der Waals surface area contributed by atoms with Gasteiger partial charge in [0.1, 0.15) is 11.8 Å². The summed E-state index contributed by atoms with van der Waals surface area (Å²) in [6.07, 6.45) is 1.41. The van der Waals surface area contributed by atoms with Crippen molar-refractivity contribution in [3.63, 3.8) is 0 Å². The van der Waals surface area contributed by atoms with Crippen LogP contribution < -0.4 is 16.4 Å². The average molecular weight is 498 g/mol. The van der Waals surface area contributed by atoms with Gasteiger partial charge in [0.2, 0.25) is 11.8 Å². The number of hydrogen-bond acceptors (Lipinski definition) is 4. The normalized spacial score (nSPS) is 14.9. The summed E-state index contributed by atoms with van der Waals surface area (Å²) in [6.45, 7) is 0.138. The number of benzene rings is 3. The molecule has 0 aliphatic heterocycles. The first-order valence-electron chi connectivity index (χ1n) is 10.9. The summed E-state index contributed by atoms with van der Waals surface area (Å²) in [6, 6.07) is 18.3. The number of amides is 2. The van der Waals surface area contributed by atoms with E-state index in [1.54, 1.807) is 30.3 Å². The zero-order chi connectivity index (χ0) is 24.2. The molecule has 0 fully saturated rings. The van der Waals surface area contributed by atoms with Crippen LogP contribution in [0.15, 0.2) is 66.7 Å². The van der Waals surface area contributed by atoms with Crippen molar-refractivity contribution in [2.45, 2.75) is 31.5 Å². The van der Waals surface area contributed by atoms with Crippen molar-refractivity contribution in [3.05, 3.63) is 99.0 Å². The molecule has 2 amide bonds. The number of phenolic OH excluding ortho intramolecular Hbond substituents is 1. The largest absolute Gasteiger partial charge is 0.508 e. The van der Waals surface area contributed by atoms with Crippen LogP contribution in [0.25, 0.3) is 0 Å². The molecule has 6 nitrogen and oxygen atoms in total. The number of hydrogen-bond donors (Lipinski definition) is 4. The lowest BCUT2D eigenvalue weighted by Gasteiger charge is -2.27. The average Bonchev–Trinajstić information content (AvgIpc) is 3.23. The van der Waals surface area contributed by atoms with Crippen LogP contribution in [0.1, 0.15) is 28.3 Å². The molecule has 3 aromatic rings. The maximum Gasteiger partial charge on any atom is 0.244 e. The Morgan fingerprint density at radius 1 is 1.00 bits per heavy atom. The van der Waals surface area contributed by atoms with Gasteiger partial charge in [0.25, 0.3) is 0 Å². The smallest absolute Gasteiger partial charge is 0.244 e. The second-order valence-electron chi connectivity index (χ2n) is 8.44. The van der Waals surface area contributed by atoms with Crippen LogP contribution in [-0.2, 0) is 29.0 Å². The van der Waals surface area contributed by atoms with E-state index in [9.17, 15) is 14.7 Å². The van der Waals surface area contributed by atoms with Gasteiger partial charge in [-0.2, -0.15) is 0 Å². The molecule has 0 unspecified atom stereocenters. The van der Waals surface area contributed by atoms with E-state index in [1.165, 1.54) is 17.2 Å².